The average molecular weight is 460 g/mol. The number of anilines is 2. The minimum Gasteiger partial charge on any atom is -0.497 e. The molecule has 2 amide bonds. The van der Waals surface area contributed by atoms with Gasteiger partial charge in [0.1, 0.15) is 11.5 Å². The van der Waals surface area contributed by atoms with Crippen molar-refractivity contribution in [3.8, 4) is 11.5 Å². The van der Waals surface area contributed by atoms with Gasteiger partial charge in [0, 0.05) is 17.8 Å². The molecule has 0 saturated heterocycles. The minimum absolute atomic E-state index is 0.0553. The molecule has 172 valence electrons. The third-order valence-electron chi connectivity index (χ3n) is 4.39. The molecule has 3 rings (SSSR count). The van der Waals surface area contributed by atoms with Crippen molar-refractivity contribution in [2.24, 2.45) is 0 Å². The molecule has 33 heavy (non-hydrogen) atoms. The van der Waals surface area contributed by atoms with Crippen LogP contribution in [0.5, 0.6) is 11.5 Å². The van der Waals surface area contributed by atoms with Gasteiger partial charge in [-0.2, -0.15) is 13.2 Å². The number of nitrogens with one attached hydrogen (secondary N) is 2. The van der Waals surface area contributed by atoms with E-state index in [1.807, 2.05) is 0 Å². The number of alkyl halides is 3. The number of halogens is 3. The van der Waals surface area contributed by atoms with E-state index in [0.29, 0.717) is 17.1 Å². The van der Waals surface area contributed by atoms with Crippen molar-refractivity contribution in [1.29, 1.82) is 0 Å². The van der Waals surface area contributed by atoms with Gasteiger partial charge in [-0.1, -0.05) is 0 Å². The Balaban J connectivity index is 1.78. The summed E-state index contributed by atoms with van der Waals surface area (Å²) in [6.07, 6.45) is -1.02. The number of rotatable bonds is 7. The van der Waals surface area contributed by atoms with Crippen LogP contribution in [0.1, 0.15) is 21.7 Å². The van der Waals surface area contributed by atoms with Gasteiger partial charge in [0.25, 0.3) is 5.91 Å². The zero-order valence-electron chi connectivity index (χ0n) is 17.5. The number of methoxy groups -OCH3 is 2. The molecular weight excluding hydrogens is 441 g/mol. The van der Waals surface area contributed by atoms with Crippen molar-refractivity contribution in [3.05, 3.63) is 77.8 Å². The van der Waals surface area contributed by atoms with E-state index in [2.05, 4.69) is 10.6 Å². The van der Waals surface area contributed by atoms with Gasteiger partial charge in [-0.05, 0) is 54.1 Å². The molecule has 7 nitrogen and oxygen atoms in total. The summed E-state index contributed by atoms with van der Waals surface area (Å²) in [5.74, 6) is -0.571. The molecule has 3 aromatic rings. The van der Waals surface area contributed by atoms with Gasteiger partial charge in [0.15, 0.2) is 5.76 Å². The van der Waals surface area contributed by atoms with Crippen LogP contribution in [0.4, 0.5) is 24.5 Å². The van der Waals surface area contributed by atoms with Crippen LogP contribution in [0, 0.1) is 0 Å². The van der Waals surface area contributed by atoms with Crippen LogP contribution in [0.15, 0.2) is 65.3 Å². The zero-order valence-corrected chi connectivity index (χ0v) is 17.5. The highest BCUT2D eigenvalue weighted by Crippen LogP contribution is 2.36. The summed E-state index contributed by atoms with van der Waals surface area (Å²) >= 11 is 0. The Morgan fingerprint density at radius 3 is 2.24 bits per heavy atom. The lowest BCUT2D eigenvalue weighted by atomic mass is 10.1. The molecule has 0 spiro atoms. The molecule has 1 heterocycles. The molecule has 0 aliphatic carbocycles. The second-order valence-corrected chi connectivity index (χ2v) is 6.66. The molecule has 0 fully saturated rings. The molecule has 0 unspecified atom stereocenters. The molecule has 10 heteroatoms. The number of amides is 2. The number of ether oxygens (including phenoxy) is 2. The van der Waals surface area contributed by atoms with Crippen molar-refractivity contribution in [2.45, 2.75) is 6.18 Å². The topological polar surface area (TPSA) is 89.8 Å². The second-order valence-electron chi connectivity index (χ2n) is 6.66. The van der Waals surface area contributed by atoms with Crippen LogP contribution >= 0.6 is 0 Å². The van der Waals surface area contributed by atoms with E-state index in [-0.39, 0.29) is 11.4 Å². The van der Waals surface area contributed by atoms with E-state index >= 15 is 0 Å². The zero-order chi connectivity index (χ0) is 24.0. The summed E-state index contributed by atoms with van der Waals surface area (Å²) in [6, 6.07) is 10.8. The van der Waals surface area contributed by atoms with Gasteiger partial charge in [-0.25, -0.2) is 0 Å². The minimum atomic E-state index is -4.78. The van der Waals surface area contributed by atoms with E-state index in [1.165, 1.54) is 44.8 Å². The summed E-state index contributed by atoms with van der Waals surface area (Å²) < 4.78 is 55.9. The third-order valence-corrected chi connectivity index (χ3v) is 4.39. The van der Waals surface area contributed by atoms with Crippen LogP contribution < -0.4 is 20.1 Å². The normalized spacial score (nSPS) is 11.3. The number of carbonyl (C=O) groups excluding carboxylic acids is 2. The fourth-order valence-electron chi connectivity index (χ4n) is 2.84. The maximum Gasteiger partial charge on any atom is 0.418 e. The maximum absolute atomic E-state index is 13.6. The molecule has 1 aromatic heterocycles. The number of hydrogen-bond donors (Lipinski definition) is 2. The Hall–Kier alpha value is -4.21. The van der Waals surface area contributed by atoms with Crippen LogP contribution in [-0.2, 0) is 11.0 Å². The van der Waals surface area contributed by atoms with Crippen molar-refractivity contribution < 1.29 is 36.7 Å². The highest BCUT2D eigenvalue weighted by molar-refractivity contribution is 6.04. The van der Waals surface area contributed by atoms with Gasteiger partial charge in [-0.15, -0.1) is 0 Å². The smallest absolute Gasteiger partial charge is 0.418 e. The standard InChI is InChI=1S/C23H19F3N2O5/c1-31-16-10-14(11-17(13-16)32-2)5-8-21(29)28-19-7-6-15(12-18(19)23(24,25)26)27-22(30)20-4-3-9-33-20/h3-13H,1-2H3,(H,27,30)(H,28,29)/b8-5+. The quantitative estimate of drug-likeness (QED) is 0.472. The molecule has 2 aromatic carbocycles. The summed E-state index contributed by atoms with van der Waals surface area (Å²) in [6.45, 7) is 0. The van der Waals surface area contributed by atoms with Crippen LogP contribution in [0.2, 0.25) is 0 Å². The van der Waals surface area contributed by atoms with Gasteiger partial charge >= 0.3 is 6.18 Å². The van der Waals surface area contributed by atoms with E-state index < -0.39 is 29.2 Å². The average Bonchev–Trinajstić information content (AvgIpc) is 3.33. The largest absolute Gasteiger partial charge is 0.497 e. The lowest BCUT2D eigenvalue weighted by molar-refractivity contribution is -0.136. The lowest BCUT2D eigenvalue weighted by Gasteiger charge is -2.15. The highest BCUT2D eigenvalue weighted by Gasteiger charge is 2.34. The predicted molar refractivity (Wildman–Crippen MR) is 115 cm³/mol. The third kappa shape index (κ3) is 6.16. The van der Waals surface area contributed by atoms with E-state index in [4.69, 9.17) is 13.9 Å². The van der Waals surface area contributed by atoms with Crippen LogP contribution in [0.3, 0.4) is 0 Å². The van der Waals surface area contributed by atoms with E-state index in [1.54, 1.807) is 18.2 Å². The van der Waals surface area contributed by atoms with Crippen LogP contribution in [-0.4, -0.2) is 26.0 Å². The summed E-state index contributed by atoms with van der Waals surface area (Å²) in [5, 5.41) is 4.54. The number of hydrogen-bond acceptors (Lipinski definition) is 5. The first-order chi connectivity index (χ1) is 15.7. The molecule has 0 aliphatic heterocycles. The van der Waals surface area contributed by atoms with Gasteiger partial charge < -0.3 is 24.5 Å². The van der Waals surface area contributed by atoms with Gasteiger partial charge in [-0.3, -0.25) is 9.59 Å². The fourth-order valence-corrected chi connectivity index (χ4v) is 2.84. The Bertz CT molecular complexity index is 1150. The summed E-state index contributed by atoms with van der Waals surface area (Å²) in [5.41, 5.74) is -1.14. The molecule has 2 N–H and O–H groups in total. The van der Waals surface area contributed by atoms with Crippen molar-refractivity contribution >= 4 is 29.3 Å². The molecule has 0 radical (unpaired) electrons. The number of benzene rings is 2. The fraction of sp³-hybridized carbons (Fsp3) is 0.130. The predicted octanol–water partition coefficient (Wildman–Crippen LogP) is 5.22. The molecule has 0 saturated carbocycles. The second kappa shape index (κ2) is 9.94. The first kappa shape index (κ1) is 23.5. The molecular formula is C23H19F3N2O5. The van der Waals surface area contributed by atoms with Crippen molar-refractivity contribution in [3.63, 3.8) is 0 Å². The summed E-state index contributed by atoms with van der Waals surface area (Å²) in [4.78, 5) is 24.3. The van der Waals surface area contributed by atoms with Gasteiger partial charge in [0.2, 0.25) is 5.91 Å². The van der Waals surface area contributed by atoms with Gasteiger partial charge in [0.05, 0.1) is 31.7 Å². The Kier molecular flexibility index (Phi) is 7.07. The molecule has 0 bridgehead atoms. The Morgan fingerprint density at radius 1 is 0.970 bits per heavy atom. The monoisotopic (exact) mass is 460 g/mol. The molecule has 0 aliphatic rings. The number of carbonyl (C=O) groups is 2. The lowest BCUT2D eigenvalue weighted by Crippen LogP contribution is -2.16. The van der Waals surface area contributed by atoms with Crippen molar-refractivity contribution in [1.82, 2.24) is 0 Å². The molecule has 0 atom stereocenters. The number of furan rings is 1. The Morgan fingerprint density at radius 2 is 1.67 bits per heavy atom. The first-order valence-electron chi connectivity index (χ1n) is 9.48. The Labute approximate surface area is 186 Å². The highest BCUT2D eigenvalue weighted by atomic mass is 19.4. The van der Waals surface area contributed by atoms with E-state index in [9.17, 15) is 22.8 Å². The van der Waals surface area contributed by atoms with Crippen molar-refractivity contribution in [2.75, 3.05) is 24.9 Å². The summed E-state index contributed by atoms with van der Waals surface area (Å²) in [7, 11) is 2.93. The first-order valence-corrected chi connectivity index (χ1v) is 9.48. The SMILES string of the molecule is COc1cc(/C=C/C(=O)Nc2ccc(NC(=O)c3ccco3)cc2C(F)(F)F)cc(OC)c1. The van der Waals surface area contributed by atoms with Crippen LogP contribution in [0.25, 0.3) is 6.08 Å². The maximum atomic E-state index is 13.6. The van der Waals surface area contributed by atoms with E-state index in [0.717, 1.165) is 18.2 Å².